The van der Waals surface area contributed by atoms with Crippen molar-refractivity contribution >= 4 is 50.9 Å². The van der Waals surface area contributed by atoms with Gasteiger partial charge in [-0.2, -0.15) is 0 Å². The van der Waals surface area contributed by atoms with Gasteiger partial charge in [-0.15, -0.1) is 0 Å². The molecule has 0 bridgehead atoms. The van der Waals surface area contributed by atoms with Crippen LogP contribution >= 0.6 is 27.7 Å². The van der Waals surface area contributed by atoms with Crippen molar-refractivity contribution in [1.29, 1.82) is 0 Å². The number of carbonyl (C=O) groups excluding carboxylic acids is 3. The number of halogens is 1. The maximum Gasteiger partial charge on any atom is 0.343 e. The number of hydrogen-bond donors (Lipinski definition) is 0. The van der Waals surface area contributed by atoms with Gasteiger partial charge in [0.15, 0.2) is 0 Å². The molecule has 184 valence electrons. The lowest BCUT2D eigenvalue weighted by Gasteiger charge is -2.13. The number of imide groups is 1. The van der Waals surface area contributed by atoms with Crippen LogP contribution in [-0.2, 0) is 4.79 Å². The molecule has 2 amide bonds. The normalized spacial score (nSPS) is 14.3. The summed E-state index contributed by atoms with van der Waals surface area (Å²) in [7, 11) is 1.54. The minimum Gasteiger partial charge on any atom is -0.497 e. The molecule has 1 saturated heterocycles. The van der Waals surface area contributed by atoms with Crippen LogP contribution in [0.1, 0.15) is 21.5 Å². The van der Waals surface area contributed by atoms with Crippen LogP contribution in [0.15, 0.2) is 76.1 Å². The largest absolute Gasteiger partial charge is 0.497 e. The summed E-state index contributed by atoms with van der Waals surface area (Å²) in [6, 6.07) is 19.1. The predicted molar refractivity (Wildman–Crippen MR) is 141 cm³/mol. The molecule has 7 nitrogen and oxygen atoms in total. The van der Waals surface area contributed by atoms with E-state index in [-0.39, 0.29) is 29.0 Å². The molecule has 0 unspecified atom stereocenters. The van der Waals surface area contributed by atoms with Crippen LogP contribution < -0.4 is 14.2 Å². The molecule has 1 heterocycles. The number of esters is 1. The molecule has 9 heteroatoms. The summed E-state index contributed by atoms with van der Waals surface area (Å²) in [6.45, 7) is 2.25. The minimum atomic E-state index is -0.559. The molecule has 0 atom stereocenters. The van der Waals surface area contributed by atoms with Crippen molar-refractivity contribution in [2.75, 3.05) is 20.3 Å². The highest BCUT2D eigenvalue weighted by Gasteiger charge is 2.35. The van der Waals surface area contributed by atoms with Crippen LogP contribution in [0.5, 0.6) is 17.2 Å². The topological polar surface area (TPSA) is 82.1 Å². The standard InChI is InChI=1S/C27H22BrNO6S/c1-17-4-3-5-22(14-17)34-13-12-29-25(30)24(36-27(29)32)16-19-15-20(28)8-11-23(19)35-26(31)18-6-9-21(33-2)10-7-18/h3-11,14-16H,12-13H2,1-2H3/b24-16-. The third-order valence-electron chi connectivity index (χ3n) is 5.23. The van der Waals surface area contributed by atoms with Gasteiger partial charge in [0, 0.05) is 10.0 Å². The first-order valence-electron chi connectivity index (χ1n) is 10.9. The van der Waals surface area contributed by atoms with Crippen LogP contribution in [0.2, 0.25) is 0 Å². The molecule has 0 radical (unpaired) electrons. The molecule has 1 aliphatic rings. The average Bonchev–Trinajstić information content (AvgIpc) is 3.13. The second-order valence-electron chi connectivity index (χ2n) is 7.80. The van der Waals surface area contributed by atoms with Gasteiger partial charge in [0.1, 0.15) is 23.9 Å². The Morgan fingerprint density at radius 3 is 2.53 bits per heavy atom. The van der Waals surface area contributed by atoms with Gasteiger partial charge in [0.25, 0.3) is 11.1 Å². The second-order valence-corrected chi connectivity index (χ2v) is 9.71. The number of benzene rings is 3. The van der Waals surface area contributed by atoms with Gasteiger partial charge in [0.2, 0.25) is 0 Å². The zero-order chi connectivity index (χ0) is 25.7. The van der Waals surface area contributed by atoms with Crippen LogP contribution in [0.25, 0.3) is 6.08 Å². The molecule has 0 N–H and O–H groups in total. The summed E-state index contributed by atoms with van der Waals surface area (Å²) >= 11 is 4.24. The van der Waals surface area contributed by atoms with Crippen molar-refractivity contribution in [3.05, 3.63) is 92.8 Å². The Morgan fingerprint density at radius 2 is 1.81 bits per heavy atom. The van der Waals surface area contributed by atoms with Crippen LogP contribution in [0, 0.1) is 6.92 Å². The molecule has 1 fully saturated rings. The lowest BCUT2D eigenvalue weighted by atomic mass is 10.1. The molecule has 1 aliphatic heterocycles. The number of rotatable bonds is 8. The first-order chi connectivity index (χ1) is 17.3. The number of nitrogens with zero attached hydrogens (tertiary/aromatic N) is 1. The summed E-state index contributed by atoms with van der Waals surface area (Å²) in [6.07, 6.45) is 1.55. The smallest absolute Gasteiger partial charge is 0.343 e. The Kier molecular flexibility index (Phi) is 8.12. The number of carbonyl (C=O) groups is 3. The van der Waals surface area contributed by atoms with Gasteiger partial charge in [-0.25, -0.2) is 4.79 Å². The van der Waals surface area contributed by atoms with E-state index in [1.54, 1.807) is 55.7 Å². The van der Waals surface area contributed by atoms with E-state index < -0.39 is 11.9 Å². The molecule has 3 aromatic carbocycles. The van der Waals surface area contributed by atoms with Gasteiger partial charge in [-0.1, -0.05) is 28.1 Å². The van der Waals surface area contributed by atoms with E-state index in [1.807, 2.05) is 31.2 Å². The van der Waals surface area contributed by atoms with Crippen molar-refractivity contribution in [1.82, 2.24) is 4.90 Å². The highest BCUT2D eigenvalue weighted by atomic mass is 79.9. The third-order valence-corrected chi connectivity index (χ3v) is 6.63. The highest BCUT2D eigenvalue weighted by molar-refractivity contribution is 9.10. The molecule has 36 heavy (non-hydrogen) atoms. The molecule has 0 aromatic heterocycles. The Morgan fingerprint density at radius 1 is 1.03 bits per heavy atom. The number of amides is 2. The van der Waals surface area contributed by atoms with Crippen molar-refractivity contribution < 1.29 is 28.6 Å². The van der Waals surface area contributed by atoms with E-state index in [2.05, 4.69) is 15.9 Å². The van der Waals surface area contributed by atoms with E-state index in [0.29, 0.717) is 22.6 Å². The Hall–Kier alpha value is -3.56. The van der Waals surface area contributed by atoms with E-state index in [0.717, 1.165) is 26.7 Å². The average molecular weight is 568 g/mol. The SMILES string of the molecule is COc1ccc(C(=O)Oc2ccc(Br)cc2/C=C2\SC(=O)N(CCOc3cccc(C)c3)C2=O)cc1. The fraction of sp³-hybridized carbons (Fsp3) is 0.148. The number of thioether (sulfide) groups is 1. The minimum absolute atomic E-state index is 0.119. The van der Waals surface area contributed by atoms with E-state index in [1.165, 1.54) is 0 Å². The fourth-order valence-electron chi connectivity index (χ4n) is 3.40. The van der Waals surface area contributed by atoms with Gasteiger partial charge in [-0.3, -0.25) is 14.5 Å². The van der Waals surface area contributed by atoms with Crippen molar-refractivity contribution in [2.24, 2.45) is 0 Å². The van der Waals surface area contributed by atoms with Gasteiger partial charge in [0.05, 0.1) is 24.1 Å². The molecular weight excluding hydrogens is 546 g/mol. The van der Waals surface area contributed by atoms with Crippen molar-refractivity contribution in [3.8, 4) is 17.2 Å². The first-order valence-corrected chi connectivity index (χ1v) is 12.6. The highest BCUT2D eigenvalue weighted by Crippen LogP contribution is 2.35. The van der Waals surface area contributed by atoms with Crippen molar-refractivity contribution in [2.45, 2.75) is 6.92 Å². The third kappa shape index (κ3) is 6.16. The molecule has 3 aromatic rings. The second kappa shape index (κ2) is 11.5. The Balaban J connectivity index is 1.47. The summed E-state index contributed by atoms with van der Waals surface area (Å²) in [5, 5.41) is -0.383. The maximum atomic E-state index is 12.9. The first kappa shape index (κ1) is 25.5. The number of hydrogen-bond acceptors (Lipinski definition) is 7. The van der Waals surface area contributed by atoms with Crippen LogP contribution in [-0.4, -0.2) is 42.3 Å². The lowest BCUT2D eigenvalue weighted by molar-refractivity contribution is -0.123. The van der Waals surface area contributed by atoms with Crippen molar-refractivity contribution in [3.63, 3.8) is 0 Å². The molecule has 0 saturated carbocycles. The van der Waals surface area contributed by atoms with E-state index >= 15 is 0 Å². The Labute approximate surface area is 221 Å². The number of ether oxygens (including phenoxy) is 3. The monoisotopic (exact) mass is 567 g/mol. The van der Waals surface area contributed by atoms with Crippen LogP contribution in [0.4, 0.5) is 4.79 Å². The maximum absolute atomic E-state index is 12.9. The van der Waals surface area contributed by atoms with Crippen LogP contribution in [0.3, 0.4) is 0 Å². The Bertz CT molecular complexity index is 1340. The summed E-state index contributed by atoms with van der Waals surface area (Å²) < 4.78 is 17.1. The summed E-state index contributed by atoms with van der Waals surface area (Å²) in [5.74, 6) is 0.570. The molecule has 4 rings (SSSR count). The number of aryl methyl sites for hydroxylation is 1. The quantitative estimate of drug-likeness (QED) is 0.185. The van der Waals surface area contributed by atoms with E-state index in [9.17, 15) is 14.4 Å². The zero-order valence-electron chi connectivity index (χ0n) is 19.5. The fourth-order valence-corrected chi connectivity index (χ4v) is 4.64. The number of methoxy groups -OCH3 is 1. The lowest BCUT2D eigenvalue weighted by Crippen LogP contribution is -2.32. The van der Waals surface area contributed by atoms with Gasteiger partial charge < -0.3 is 14.2 Å². The summed E-state index contributed by atoms with van der Waals surface area (Å²) in [4.78, 5) is 39.5. The molecular formula is C27H22BrNO6S. The molecule has 0 spiro atoms. The predicted octanol–water partition coefficient (Wildman–Crippen LogP) is 6.10. The van der Waals surface area contributed by atoms with E-state index in [4.69, 9.17) is 14.2 Å². The van der Waals surface area contributed by atoms with Gasteiger partial charge >= 0.3 is 5.97 Å². The zero-order valence-corrected chi connectivity index (χ0v) is 21.9. The molecule has 0 aliphatic carbocycles. The van der Waals surface area contributed by atoms with Gasteiger partial charge in [-0.05, 0) is 84.9 Å². The summed E-state index contributed by atoms with van der Waals surface area (Å²) in [5.41, 5.74) is 1.88.